The number of rotatable bonds is 6. The highest BCUT2D eigenvalue weighted by molar-refractivity contribution is 5.94. The Morgan fingerprint density at radius 3 is 2.23 bits per heavy atom. The molecule has 0 aliphatic carbocycles. The molecular weight excluding hydrogens is 387 g/mol. The van der Waals surface area contributed by atoms with Crippen molar-refractivity contribution in [3.05, 3.63) is 71.0 Å². The van der Waals surface area contributed by atoms with Gasteiger partial charge in [-0.05, 0) is 36.6 Å². The first-order valence-electron chi connectivity index (χ1n) is 9.95. The summed E-state index contributed by atoms with van der Waals surface area (Å²) in [4.78, 5) is 40.0. The number of carboxylic acid groups (broad SMARTS) is 1. The summed E-state index contributed by atoms with van der Waals surface area (Å²) in [5.74, 6) is -2.72. The average Bonchev–Trinajstić information content (AvgIpc) is 2.75. The molecule has 1 N–H and O–H groups in total. The van der Waals surface area contributed by atoms with E-state index in [4.69, 9.17) is 0 Å². The second kappa shape index (κ2) is 9.52. The van der Waals surface area contributed by atoms with Gasteiger partial charge >= 0.3 is 5.97 Å². The second-order valence-corrected chi connectivity index (χ2v) is 7.57. The molecule has 0 radical (unpaired) electrons. The molecule has 158 valence electrons. The van der Waals surface area contributed by atoms with Crippen molar-refractivity contribution in [2.45, 2.75) is 19.8 Å². The number of nitrogens with zero attached hydrogens (tertiary/aromatic N) is 2. The highest BCUT2D eigenvalue weighted by Gasteiger charge is 2.28. The van der Waals surface area contributed by atoms with E-state index in [1.54, 1.807) is 28.9 Å². The number of piperazine rings is 1. The first-order chi connectivity index (χ1) is 14.3. The van der Waals surface area contributed by atoms with E-state index < -0.39 is 17.7 Å². The van der Waals surface area contributed by atoms with E-state index in [0.29, 0.717) is 38.2 Å². The maximum atomic E-state index is 13.7. The van der Waals surface area contributed by atoms with Crippen molar-refractivity contribution < 1.29 is 23.9 Å². The Bertz CT molecular complexity index is 924. The molecule has 1 aliphatic rings. The minimum absolute atomic E-state index is 0.0820. The van der Waals surface area contributed by atoms with Crippen LogP contribution in [0.5, 0.6) is 0 Å². The third-order valence-corrected chi connectivity index (χ3v) is 5.43. The lowest BCUT2D eigenvalue weighted by molar-refractivity contribution is -0.146. The van der Waals surface area contributed by atoms with Crippen LogP contribution in [0.15, 0.2) is 48.5 Å². The third-order valence-electron chi connectivity index (χ3n) is 5.43. The summed E-state index contributed by atoms with van der Waals surface area (Å²) >= 11 is 0. The molecule has 1 saturated heterocycles. The van der Waals surface area contributed by atoms with Gasteiger partial charge in [-0.15, -0.1) is 0 Å². The van der Waals surface area contributed by atoms with Crippen molar-refractivity contribution >= 4 is 17.8 Å². The number of aryl methyl sites for hydroxylation is 1. The van der Waals surface area contributed by atoms with Gasteiger partial charge in [-0.3, -0.25) is 14.4 Å². The Kier molecular flexibility index (Phi) is 6.82. The topological polar surface area (TPSA) is 77.9 Å². The molecule has 0 bridgehead atoms. The first kappa shape index (κ1) is 21.5. The smallest absolute Gasteiger partial charge is 0.307 e. The Morgan fingerprint density at radius 2 is 1.63 bits per heavy atom. The highest BCUT2D eigenvalue weighted by atomic mass is 19.1. The zero-order valence-corrected chi connectivity index (χ0v) is 16.9. The Balaban J connectivity index is 1.55. The molecule has 2 amide bonds. The van der Waals surface area contributed by atoms with Gasteiger partial charge in [0, 0.05) is 38.2 Å². The number of carbonyl (C=O) groups excluding carboxylic acids is 2. The normalized spacial score (nSPS) is 15.0. The Labute approximate surface area is 174 Å². The summed E-state index contributed by atoms with van der Waals surface area (Å²) < 4.78 is 13.7. The maximum absolute atomic E-state index is 13.7. The molecule has 7 heteroatoms. The highest BCUT2D eigenvalue weighted by Crippen LogP contribution is 2.17. The summed E-state index contributed by atoms with van der Waals surface area (Å²) in [6.07, 6.45) is 0.209. The monoisotopic (exact) mass is 412 g/mol. The van der Waals surface area contributed by atoms with Gasteiger partial charge in [0.05, 0.1) is 5.92 Å². The van der Waals surface area contributed by atoms with Gasteiger partial charge in [0.1, 0.15) is 5.82 Å². The van der Waals surface area contributed by atoms with E-state index in [1.807, 2.05) is 30.3 Å². The van der Waals surface area contributed by atoms with Gasteiger partial charge in [-0.25, -0.2) is 4.39 Å². The van der Waals surface area contributed by atoms with Gasteiger partial charge in [-0.2, -0.15) is 0 Å². The van der Waals surface area contributed by atoms with Gasteiger partial charge in [0.2, 0.25) is 5.91 Å². The molecule has 0 aromatic heterocycles. The lowest BCUT2D eigenvalue weighted by Gasteiger charge is -2.35. The summed E-state index contributed by atoms with van der Waals surface area (Å²) in [5.41, 5.74) is 1.63. The zero-order valence-electron chi connectivity index (χ0n) is 16.9. The van der Waals surface area contributed by atoms with Crippen LogP contribution in [-0.2, 0) is 16.0 Å². The molecule has 3 rings (SSSR count). The van der Waals surface area contributed by atoms with E-state index in [1.165, 1.54) is 6.07 Å². The summed E-state index contributed by atoms with van der Waals surface area (Å²) in [7, 11) is 0. The number of amides is 2. The molecular formula is C23H25FN2O4. The molecule has 2 aromatic carbocycles. The summed E-state index contributed by atoms with van der Waals surface area (Å²) in [5, 5.41) is 9.51. The van der Waals surface area contributed by atoms with Crippen molar-refractivity contribution in [3.63, 3.8) is 0 Å². The van der Waals surface area contributed by atoms with Crippen LogP contribution in [0.25, 0.3) is 0 Å². The third kappa shape index (κ3) is 5.23. The number of benzene rings is 2. The minimum Gasteiger partial charge on any atom is -0.481 e. The fourth-order valence-electron chi connectivity index (χ4n) is 3.55. The zero-order chi connectivity index (χ0) is 21.7. The molecule has 1 aliphatic heterocycles. The van der Waals surface area contributed by atoms with Gasteiger partial charge < -0.3 is 14.9 Å². The average molecular weight is 412 g/mol. The van der Waals surface area contributed by atoms with Crippen LogP contribution in [-0.4, -0.2) is 58.9 Å². The van der Waals surface area contributed by atoms with E-state index in [9.17, 15) is 23.9 Å². The molecule has 1 unspecified atom stereocenters. The van der Waals surface area contributed by atoms with Crippen molar-refractivity contribution in [1.82, 2.24) is 9.80 Å². The fourth-order valence-corrected chi connectivity index (χ4v) is 3.55. The standard InChI is InChI=1S/C23H25FN2O4/c1-16-7-8-18(14-20(16)24)22(28)26-11-9-25(10-12-26)21(27)15-19(23(29)30)13-17-5-3-2-4-6-17/h2-8,14,19H,9-13,15H2,1H3,(H,29,30). The van der Waals surface area contributed by atoms with Gasteiger partial charge in [0.25, 0.3) is 5.91 Å². The molecule has 1 fully saturated rings. The van der Waals surface area contributed by atoms with Crippen molar-refractivity contribution in [2.75, 3.05) is 26.2 Å². The molecule has 1 heterocycles. The van der Waals surface area contributed by atoms with E-state index in [0.717, 1.165) is 5.56 Å². The molecule has 2 aromatic rings. The summed E-state index contributed by atoms with van der Waals surface area (Å²) in [6.45, 7) is 2.95. The first-order valence-corrected chi connectivity index (χ1v) is 9.95. The van der Waals surface area contributed by atoms with E-state index >= 15 is 0 Å². The number of halogens is 1. The predicted molar refractivity (Wildman–Crippen MR) is 110 cm³/mol. The number of hydrogen-bond donors (Lipinski definition) is 1. The van der Waals surface area contributed by atoms with Crippen LogP contribution in [0.3, 0.4) is 0 Å². The second-order valence-electron chi connectivity index (χ2n) is 7.57. The van der Waals surface area contributed by atoms with Crippen molar-refractivity contribution in [3.8, 4) is 0 Å². The van der Waals surface area contributed by atoms with Crippen LogP contribution in [0, 0.1) is 18.7 Å². The number of carbonyl (C=O) groups is 3. The van der Waals surface area contributed by atoms with Gasteiger partial charge in [0.15, 0.2) is 0 Å². The van der Waals surface area contributed by atoms with E-state index in [2.05, 4.69) is 0 Å². The van der Waals surface area contributed by atoms with Crippen LogP contribution < -0.4 is 0 Å². The van der Waals surface area contributed by atoms with Crippen LogP contribution in [0.1, 0.15) is 27.9 Å². The van der Waals surface area contributed by atoms with E-state index in [-0.39, 0.29) is 23.8 Å². The van der Waals surface area contributed by atoms with Crippen molar-refractivity contribution in [1.29, 1.82) is 0 Å². The van der Waals surface area contributed by atoms with Crippen LogP contribution in [0.4, 0.5) is 4.39 Å². The Hall–Kier alpha value is -3.22. The minimum atomic E-state index is -0.998. The Morgan fingerprint density at radius 1 is 1.00 bits per heavy atom. The number of carboxylic acids is 1. The molecule has 0 spiro atoms. The quantitative estimate of drug-likeness (QED) is 0.792. The fraction of sp³-hybridized carbons (Fsp3) is 0.348. The maximum Gasteiger partial charge on any atom is 0.307 e. The predicted octanol–water partition coefficient (Wildman–Crippen LogP) is 2.75. The molecule has 0 saturated carbocycles. The SMILES string of the molecule is Cc1ccc(C(=O)N2CCN(C(=O)CC(Cc3ccccc3)C(=O)O)CC2)cc1F. The number of hydrogen-bond acceptors (Lipinski definition) is 3. The molecule has 1 atom stereocenters. The molecule has 30 heavy (non-hydrogen) atoms. The van der Waals surface area contributed by atoms with Crippen LogP contribution >= 0.6 is 0 Å². The largest absolute Gasteiger partial charge is 0.481 e. The molecule has 6 nitrogen and oxygen atoms in total. The van der Waals surface area contributed by atoms with Gasteiger partial charge in [-0.1, -0.05) is 36.4 Å². The van der Waals surface area contributed by atoms with Crippen LogP contribution in [0.2, 0.25) is 0 Å². The lowest BCUT2D eigenvalue weighted by atomic mass is 9.95. The lowest BCUT2D eigenvalue weighted by Crippen LogP contribution is -2.51. The number of aliphatic carboxylic acids is 1. The van der Waals surface area contributed by atoms with Crippen molar-refractivity contribution in [2.24, 2.45) is 5.92 Å². The summed E-state index contributed by atoms with van der Waals surface area (Å²) in [6, 6.07) is 13.6.